The van der Waals surface area contributed by atoms with Crippen molar-refractivity contribution in [3.63, 3.8) is 0 Å². The third kappa shape index (κ3) is 6.26. The molecule has 0 heterocycles. The fraction of sp³-hybridized carbons (Fsp3) is 0.833. The summed E-state index contributed by atoms with van der Waals surface area (Å²) in [5.41, 5.74) is 5.18. The zero-order valence-electron chi connectivity index (χ0n) is 11.5. The van der Waals surface area contributed by atoms with E-state index < -0.39 is 6.04 Å². The Bertz CT molecular complexity index is 267. The second-order valence-electron chi connectivity index (χ2n) is 5.31. The van der Waals surface area contributed by atoms with Crippen molar-refractivity contribution in [2.24, 2.45) is 11.7 Å². The zero-order valence-corrected chi connectivity index (χ0v) is 11.5. The van der Waals surface area contributed by atoms with Crippen molar-refractivity contribution in [1.29, 1.82) is 0 Å². The predicted molar refractivity (Wildman–Crippen MR) is 68.3 cm³/mol. The van der Waals surface area contributed by atoms with E-state index in [1.165, 1.54) is 0 Å². The maximum absolute atomic E-state index is 11.7. The summed E-state index contributed by atoms with van der Waals surface area (Å²) in [7, 11) is 0. The van der Waals surface area contributed by atoms with E-state index in [1.807, 2.05) is 27.7 Å². The number of nitrogens with one attached hydrogen (secondary N) is 2. The van der Waals surface area contributed by atoms with Gasteiger partial charge in [0.2, 0.25) is 11.8 Å². The Balaban J connectivity index is 4.30. The Morgan fingerprint density at radius 3 is 2.12 bits per heavy atom. The van der Waals surface area contributed by atoms with Crippen LogP contribution in [-0.4, -0.2) is 29.9 Å². The highest BCUT2D eigenvalue weighted by atomic mass is 16.2. The molecule has 0 aliphatic carbocycles. The van der Waals surface area contributed by atoms with Gasteiger partial charge in [0.05, 0.1) is 0 Å². The van der Waals surface area contributed by atoms with Crippen LogP contribution in [0.3, 0.4) is 0 Å². The molecule has 0 radical (unpaired) electrons. The molecule has 2 unspecified atom stereocenters. The minimum atomic E-state index is -0.540. The summed E-state index contributed by atoms with van der Waals surface area (Å²) < 4.78 is 0. The van der Waals surface area contributed by atoms with Gasteiger partial charge in [-0.2, -0.15) is 0 Å². The molecule has 0 saturated heterocycles. The summed E-state index contributed by atoms with van der Waals surface area (Å²) in [6, 6.07) is -0.540. The molecule has 0 aromatic heterocycles. The monoisotopic (exact) mass is 243 g/mol. The number of hydrogen-bond acceptors (Lipinski definition) is 3. The van der Waals surface area contributed by atoms with Crippen LogP contribution < -0.4 is 16.4 Å². The normalized spacial score (nSPS) is 14.9. The molecule has 0 saturated carbocycles. The molecule has 17 heavy (non-hydrogen) atoms. The van der Waals surface area contributed by atoms with Crippen LogP contribution in [0.5, 0.6) is 0 Å². The van der Waals surface area contributed by atoms with Crippen LogP contribution in [0.1, 0.15) is 41.0 Å². The summed E-state index contributed by atoms with van der Waals surface area (Å²) in [5.74, 6) is -0.566. The second kappa shape index (κ2) is 6.59. The summed E-state index contributed by atoms with van der Waals surface area (Å²) in [6.07, 6.45) is 0.677. The van der Waals surface area contributed by atoms with Gasteiger partial charge in [0, 0.05) is 18.0 Å². The standard InChI is InChI=1S/C12H25N3O2/c1-6-9(7-13)11(17)14-8(2)10(16)15-12(3,4)5/h8-9H,6-7,13H2,1-5H3,(H,14,17)(H,15,16). The molecular formula is C12H25N3O2. The van der Waals surface area contributed by atoms with Crippen LogP contribution in [0.2, 0.25) is 0 Å². The van der Waals surface area contributed by atoms with Crippen molar-refractivity contribution in [3.05, 3.63) is 0 Å². The van der Waals surface area contributed by atoms with E-state index in [1.54, 1.807) is 6.92 Å². The topological polar surface area (TPSA) is 84.2 Å². The molecule has 0 aromatic rings. The van der Waals surface area contributed by atoms with Crippen LogP contribution in [0.15, 0.2) is 0 Å². The molecule has 0 spiro atoms. The van der Waals surface area contributed by atoms with E-state index in [0.29, 0.717) is 13.0 Å². The average molecular weight is 243 g/mol. The van der Waals surface area contributed by atoms with E-state index in [9.17, 15) is 9.59 Å². The molecule has 2 amide bonds. The summed E-state index contributed by atoms with van der Waals surface area (Å²) in [6.45, 7) is 9.56. The van der Waals surface area contributed by atoms with E-state index in [2.05, 4.69) is 10.6 Å². The summed E-state index contributed by atoms with van der Waals surface area (Å²) in [5, 5.41) is 5.49. The lowest BCUT2D eigenvalue weighted by atomic mass is 10.1. The second-order valence-corrected chi connectivity index (χ2v) is 5.31. The quantitative estimate of drug-likeness (QED) is 0.653. The summed E-state index contributed by atoms with van der Waals surface area (Å²) >= 11 is 0. The molecular weight excluding hydrogens is 218 g/mol. The summed E-state index contributed by atoms with van der Waals surface area (Å²) in [4.78, 5) is 23.5. The Kier molecular flexibility index (Phi) is 6.16. The van der Waals surface area contributed by atoms with Crippen molar-refractivity contribution >= 4 is 11.8 Å². The van der Waals surface area contributed by atoms with Gasteiger partial charge in [-0.15, -0.1) is 0 Å². The molecule has 4 N–H and O–H groups in total. The van der Waals surface area contributed by atoms with Crippen LogP contribution >= 0.6 is 0 Å². The Morgan fingerprint density at radius 2 is 1.76 bits per heavy atom. The number of carbonyl (C=O) groups is 2. The van der Waals surface area contributed by atoms with Crippen LogP contribution in [0.25, 0.3) is 0 Å². The van der Waals surface area contributed by atoms with Crippen molar-refractivity contribution in [3.8, 4) is 0 Å². The van der Waals surface area contributed by atoms with Gasteiger partial charge in [0.25, 0.3) is 0 Å². The van der Waals surface area contributed by atoms with Gasteiger partial charge in [0.1, 0.15) is 6.04 Å². The van der Waals surface area contributed by atoms with E-state index in [4.69, 9.17) is 5.73 Å². The SMILES string of the molecule is CCC(CN)C(=O)NC(C)C(=O)NC(C)(C)C. The lowest BCUT2D eigenvalue weighted by Crippen LogP contribution is -2.52. The van der Waals surface area contributed by atoms with Gasteiger partial charge < -0.3 is 16.4 Å². The lowest BCUT2D eigenvalue weighted by molar-refractivity contribution is -0.131. The maximum Gasteiger partial charge on any atom is 0.242 e. The van der Waals surface area contributed by atoms with Gasteiger partial charge in [-0.25, -0.2) is 0 Å². The fourth-order valence-corrected chi connectivity index (χ4v) is 1.33. The first-order valence-corrected chi connectivity index (χ1v) is 6.03. The maximum atomic E-state index is 11.7. The van der Waals surface area contributed by atoms with Gasteiger partial charge in [-0.1, -0.05) is 6.92 Å². The lowest BCUT2D eigenvalue weighted by Gasteiger charge is -2.24. The van der Waals surface area contributed by atoms with Gasteiger partial charge in [0.15, 0.2) is 0 Å². The molecule has 0 aliphatic heterocycles. The van der Waals surface area contributed by atoms with E-state index in [0.717, 1.165) is 0 Å². The highest BCUT2D eigenvalue weighted by Crippen LogP contribution is 2.02. The first kappa shape index (κ1) is 15.9. The first-order valence-electron chi connectivity index (χ1n) is 6.03. The van der Waals surface area contributed by atoms with Gasteiger partial charge >= 0.3 is 0 Å². The molecule has 2 atom stereocenters. The van der Waals surface area contributed by atoms with Crippen molar-refractivity contribution in [2.45, 2.75) is 52.6 Å². The van der Waals surface area contributed by atoms with Crippen molar-refractivity contribution in [2.75, 3.05) is 6.54 Å². The molecule has 0 bridgehead atoms. The molecule has 0 aliphatic rings. The van der Waals surface area contributed by atoms with E-state index in [-0.39, 0.29) is 23.3 Å². The smallest absolute Gasteiger partial charge is 0.242 e. The molecule has 0 aromatic carbocycles. The van der Waals surface area contributed by atoms with Crippen LogP contribution in [-0.2, 0) is 9.59 Å². The molecule has 0 fully saturated rings. The number of nitrogens with two attached hydrogens (primary N) is 1. The van der Waals surface area contributed by atoms with Crippen LogP contribution in [0.4, 0.5) is 0 Å². The number of carbonyl (C=O) groups excluding carboxylic acids is 2. The molecule has 0 rings (SSSR count). The molecule has 100 valence electrons. The zero-order chi connectivity index (χ0) is 13.6. The van der Waals surface area contributed by atoms with Crippen LogP contribution in [0, 0.1) is 5.92 Å². The number of amides is 2. The van der Waals surface area contributed by atoms with Gasteiger partial charge in [-0.3, -0.25) is 9.59 Å². The highest BCUT2D eigenvalue weighted by Gasteiger charge is 2.23. The fourth-order valence-electron chi connectivity index (χ4n) is 1.33. The molecule has 5 heteroatoms. The minimum absolute atomic E-state index is 0.161. The largest absolute Gasteiger partial charge is 0.350 e. The number of rotatable bonds is 5. The Morgan fingerprint density at radius 1 is 1.24 bits per heavy atom. The third-order valence-electron chi connectivity index (χ3n) is 2.40. The average Bonchev–Trinajstić information content (AvgIpc) is 2.16. The molecule has 5 nitrogen and oxygen atoms in total. The minimum Gasteiger partial charge on any atom is -0.350 e. The Labute approximate surface area is 104 Å². The predicted octanol–water partition coefficient (Wildman–Crippen LogP) is 0.391. The number of hydrogen-bond donors (Lipinski definition) is 3. The van der Waals surface area contributed by atoms with Gasteiger partial charge in [-0.05, 0) is 34.1 Å². The highest BCUT2D eigenvalue weighted by molar-refractivity contribution is 5.88. The Hall–Kier alpha value is -1.10. The van der Waals surface area contributed by atoms with Crippen molar-refractivity contribution in [1.82, 2.24) is 10.6 Å². The first-order chi connectivity index (χ1) is 7.71. The van der Waals surface area contributed by atoms with E-state index >= 15 is 0 Å². The van der Waals surface area contributed by atoms with Crippen molar-refractivity contribution < 1.29 is 9.59 Å². The third-order valence-corrected chi connectivity index (χ3v) is 2.40.